The summed E-state index contributed by atoms with van der Waals surface area (Å²) in [5.74, 6) is -1.58. The highest BCUT2D eigenvalue weighted by Gasteiger charge is 2.54. The fraction of sp³-hybridized carbons (Fsp3) is 0.406. The number of unbranched alkanes of at least 4 members (excludes halogenated alkanes) is 1. The number of ether oxygens (including phenoxy) is 2. The summed E-state index contributed by atoms with van der Waals surface area (Å²) in [6.45, 7) is 5.95. The molecule has 1 atom stereocenters. The number of hydrogen-bond donors (Lipinski definition) is 0. The maximum absolute atomic E-state index is 14.3. The molecular formula is C32H36O5. The second-order valence-corrected chi connectivity index (χ2v) is 9.75. The van der Waals surface area contributed by atoms with E-state index in [0.717, 1.165) is 47.1 Å². The van der Waals surface area contributed by atoms with Crippen molar-refractivity contribution < 1.29 is 23.9 Å². The van der Waals surface area contributed by atoms with Gasteiger partial charge in [-0.15, -0.1) is 0 Å². The highest BCUT2D eigenvalue weighted by molar-refractivity contribution is 6.30. The van der Waals surface area contributed by atoms with E-state index in [1.165, 1.54) is 0 Å². The van der Waals surface area contributed by atoms with Gasteiger partial charge in [0.1, 0.15) is 0 Å². The minimum atomic E-state index is -1.49. The van der Waals surface area contributed by atoms with Gasteiger partial charge in [-0.2, -0.15) is 0 Å². The summed E-state index contributed by atoms with van der Waals surface area (Å²) in [6, 6.07) is 19.4. The molecule has 0 unspecified atom stereocenters. The van der Waals surface area contributed by atoms with E-state index in [9.17, 15) is 14.4 Å². The standard InChI is InChI=1S/C32H36O5/c1-4-7-14-24-19-20-32(30(34)36-5-2,31(35)37-6-3)21-25-26(24)28(23-17-12-9-13-18-23)29(33)27(25)22-15-10-8-11-16-22/h8-13,15-18,28H,4-7,14,19-21H2,1-3H3/t28-/m1/s1. The van der Waals surface area contributed by atoms with E-state index in [2.05, 4.69) is 6.92 Å². The Kier molecular flexibility index (Phi) is 8.42. The molecule has 5 heteroatoms. The predicted octanol–water partition coefficient (Wildman–Crippen LogP) is 6.59. The first kappa shape index (κ1) is 26.6. The van der Waals surface area contributed by atoms with Gasteiger partial charge in [-0.3, -0.25) is 14.4 Å². The van der Waals surface area contributed by atoms with E-state index in [4.69, 9.17) is 9.47 Å². The lowest BCUT2D eigenvalue weighted by molar-refractivity contribution is -0.172. The second kappa shape index (κ2) is 11.7. The smallest absolute Gasteiger partial charge is 0.323 e. The second-order valence-electron chi connectivity index (χ2n) is 9.75. The maximum Gasteiger partial charge on any atom is 0.323 e. The molecule has 2 aliphatic rings. The zero-order valence-corrected chi connectivity index (χ0v) is 22.0. The van der Waals surface area contributed by atoms with Gasteiger partial charge >= 0.3 is 11.9 Å². The molecule has 2 aromatic rings. The van der Waals surface area contributed by atoms with Crippen LogP contribution in [0.2, 0.25) is 0 Å². The van der Waals surface area contributed by atoms with Gasteiger partial charge in [0.25, 0.3) is 0 Å². The molecule has 0 fully saturated rings. The van der Waals surface area contributed by atoms with Gasteiger partial charge in [0.05, 0.1) is 19.1 Å². The number of hydrogen-bond acceptors (Lipinski definition) is 5. The third-order valence-corrected chi connectivity index (χ3v) is 7.50. The van der Waals surface area contributed by atoms with Crippen molar-refractivity contribution >= 4 is 23.3 Å². The first-order valence-corrected chi connectivity index (χ1v) is 13.4. The zero-order chi connectivity index (χ0) is 26.4. The summed E-state index contributed by atoms with van der Waals surface area (Å²) in [6.07, 6.45) is 3.72. The molecule has 0 amide bonds. The van der Waals surface area contributed by atoms with Crippen molar-refractivity contribution in [2.45, 2.75) is 65.2 Å². The van der Waals surface area contributed by atoms with Gasteiger partial charge in [-0.1, -0.05) is 79.6 Å². The van der Waals surface area contributed by atoms with Crippen LogP contribution in [0.15, 0.2) is 77.4 Å². The molecule has 2 aliphatic carbocycles. The van der Waals surface area contributed by atoms with E-state index >= 15 is 0 Å². The average Bonchev–Trinajstić information content (AvgIpc) is 3.09. The summed E-state index contributed by atoms with van der Waals surface area (Å²) >= 11 is 0. The van der Waals surface area contributed by atoms with E-state index in [0.29, 0.717) is 18.4 Å². The number of ketones is 1. The van der Waals surface area contributed by atoms with Crippen LogP contribution in [0.1, 0.15) is 76.3 Å². The van der Waals surface area contributed by atoms with Crippen LogP contribution in [-0.2, 0) is 23.9 Å². The van der Waals surface area contributed by atoms with Crippen LogP contribution in [0.3, 0.4) is 0 Å². The van der Waals surface area contributed by atoms with Crippen molar-refractivity contribution in [3.05, 3.63) is 88.5 Å². The Balaban J connectivity index is 1.99. The summed E-state index contributed by atoms with van der Waals surface area (Å²) < 4.78 is 11.0. The van der Waals surface area contributed by atoms with Gasteiger partial charge < -0.3 is 9.47 Å². The van der Waals surface area contributed by atoms with E-state index < -0.39 is 23.3 Å². The van der Waals surface area contributed by atoms with Gasteiger partial charge in [-0.05, 0) is 61.8 Å². The Labute approximate surface area is 219 Å². The van der Waals surface area contributed by atoms with Gasteiger partial charge in [-0.25, -0.2) is 0 Å². The monoisotopic (exact) mass is 500 g/mol. The SMILES string of the molecule is CCCCC1=C2C(=C(c3ccccc3)C(=O)[C@@H]2c2ccccc2)CC(C(=O)OCC)(C(=O)OCC)CC1. The fourth-order valence-electron chi connectivity index (χ4n) is 5.73. The number of Topliss-reactive ketones (excluding diaryl/α,β-unsaturated/α-hetero) is 1. The molecule has 4 rings (SSSR count). The van der Waals surface area contributed by atoms with Crippen molar-refractivity contribution in [3.63, 3.8) is 0 Å². The van der Waals surface area contributed by atoms with Crippen LogP contribution in [0.5, 0.6) is 0 Å². The Morgan fingerprint density at radius 2 is 1.49 bits per heavy atom. The van der Waals surface area contributed by atoms with Crippen LogP contribution >= 0.6 is 0 Å². The van der Waals surface area contributed by atoms with Gasteiger partial charge in [0.15, 0.2) is 11.2 Å². The lowest BCUT2D eigenvalue weighted by atomic mass is 9.77. The van der Waals surface area contributed by atoms with Gasteiger partial charge in [0.2, 0.25) is 0 Å². The summed E-state index contributed by atoms with van der Waals surface area (Å²) in [4.78, 5) is 41.3. The number of benzene rings is 2. The number of carbonyl (C=O) groups is 3. The molecule has 0 N–H and O–H groups in total. The first-order valence-electron chi connectivity index (χ1n) is 13.4. The molecule has 5 nitrogen and oxygen atoms in total. The zero-order valence-electron chi connectivity index (χ0n) is 22.0. The fourth-order valence-corrected chi connectivity index (χ4v) is 5.73. The van der Waals surface area contributed by atoms with E-state index in [1.54, 1.807) is 13.8 Å². The topological polar surface area (TPSA) is 69.7 Å². The Hall–Kier alpha value is -3.47. The molecule has 0 saturated heterocycles. The van der Waals surface area contributed by atoms with Crippen LogP contribution < -0.4 is 0 Å². The van der Waals surface area contributed by atoms with Crippen molar-refractivity contribution in [1.29, 1.82) is 0 Å². The predicted molar refractivity (Wildman–Crippen MR) is 144 cm³/mol. The third-order valence-electron chi connectivity index (χ3n) is 7.50. The Bertz CT molecular complexity index is 1190. The number of allylic oxidation sites excluding steroid dienone is 4. The van der Waals surface area contributed by atoms with Crippen molar-refractivity contribution in [1.82, 2.24) is 0 Å². The average molecular weight is 501 g/mol. The molecule has 0 spiro atoms. The normalized spacial score (nSPS) is 18.9. The summed E-state index contributed by atoms with van der Waals surface area (Å²) in [7, 11) is 0. The molecule has 0 bridgehead atoms. The largest absolute Gasteiger partial charge is 0.465 e. The first-order chi connectivity index (χ1) is 18.0. The molecule has 0 radical (unpaired) electrons. The van der Waals surface area contributed by atoms with E-state index in [1.807, 2.05) is 60.7 Å². The van der Waals surface area contributed by atoms with Crippen LogP contribution in [0, 0.1) is 5.41 Å². The minimum absolute atomic E-state index is 0.0138. The molecule has 194 valence electrons. The quantitative estimate of drug-likeness (QED) is 0.287. The van der Waals surface area contributed by atoms with Crippen molar-refractivity contribution in [2.75, 3.05) is 13.2 Å². The molecule has 37 heavy (non-hydrogen) atoms. The maximum atomic E-state index is 14.3. The van der Waals surface area contributed by atoms with Crippen LogP contribution in [-0.4, -0.2) is 30.9 Å². The molecule has 0 saturated carbocycles. The Morgan fingerprint density at radius 1 is 0.892 bits per heavy atom. The number of carbonyl (C=O) groups excluding carboxylic acids is 3. The minimum Gasteiger partial charge on any atom is -0.465 e. The van der Waals surface area contributed by atoms with Crippen LogP contribution in [0.25, 0.3) is 5.57 Å². The molecular weight excluding hydrogens is 464 g/mol. The molecule has 0 aliphatic heterocycles. The third kappa shape index (κ3) is 5.04. The summed E-state index contributed by atoms with van der Waals surface area (Å²) in [5, 5.41) is 0. The molecule has 0 aromatic heterocycles. The van der Waals surface area contributed by atoms with Crippen molar-refractivity contribution in [2.24, 2.45) is 5.41 Å². The lowest BCUT2D eigenvalue weighted by Crippen LogP contribution is -2.42. The van der Waals surface area contributed by atoms with E-state index in [-0.39, 0.29) is 25.4 Å². The molecule has 0 heterocycles. The van der Waals surface area contributed by atoms with Crippen LogP contribution in [0.4, 0.5) is 0 Å². The van der Waals surface area contributed by atoms with Gasteiger partial charge in [0, 0.05) is 12.0 Å². The molecule has 2 aromatic carbocycles. The number of rotatable bonds is 9. The number of esters is 2. The summed E-state index contributed by atoms with van der Waals surface area (Å²) in [5.41, 5.74) is 3.76. The highest BCUT2D eigenvalue weighted by atomic mass is 16.6. The Morgan fingerprint density at radius 3 is 2.05 bits per heavy atom. The van der Waals surface area contributed by atoms with Crippen molar-refractivity contribution in [3.8, 4) is 0 Å². The highest BCUT2D eigenvalue weighted by Crippen LogP contribution is 2.54. The lowest BCUT2D eigenvalue weighted by Gasteiger charge is -2.28. The number of fused-ring (bicyclic) bond motifs is 1.